The molecule has 0 bridgehead atoms. The van der Waals surface area contributed by atoms with Crippen molar-refractivity contribution in [3.8, 4) is 23.0 Å². The summed E-state index contributed by atoms with van der Waals surface area (Å²) in [5, 5.41) is 13.3. The smallest absolute Gasteiger partial charge is 0.417 e. The number of aromatic nitrogens is 5. The van der Waals surface area contributed by atoms with E-state index in [4.69, 9.17) is 4.74 Å². The predicted molar refractivity (Wildman–Crippen MR) is 133 cm³/mol. The highest BCUT2D eigenvalue weighted by atomic mass is 19.4. The number of hydrogen-bond donors (Lipinski definition) is 2. The number of allylic oxidation sites excluding steroid dienone is 1. The molecule has 1 amide bonds. The Kier molecular flexibility index (Phi) is 7.16. The number of H-pyrrole nitrogens is 1. The van der Waals surface area contributed by atoms with Crippen LogP contribution in [0.3, 0.4) is 0 Å². The van der Waals surface area contributed by atoms with Gasteiger partial charge in [-0.05, 0) is 61.6 Å². The Hall–Kier alpha value is -4.54. The molecule has 0 unspecified atom stereocenters. The third-order valence-corrected chi connectivity index (χ3v) is 6.18. The van der Waals surface area contributed by atoms with Gasteiger partial charge in [0, 0.05) is 24.5 Å². The number of halogens is 3. The maximum atomic E-state index is 12.7. The first-order chi connectivity index (χ1) is 18.3. The number of amides is 1. The molecule has 8 nitrogen and oxygen atoms in total. The average molecular weight is 521 g/mol. The molecular weight excluding hydrogens is 497 g/mol. The van der Waals surface area contributed by atoms with Gasteiger partial charge in [-0.3, -0.25) is 14.9 Å². The quantitative estimate of drug-likeness (QED) is 0.332. The maximum Gasteiger partial charge on any atom is 0.417 e. The van der Waals surface area contributed by atoms with E-state index in [0.29, 0.717) is 22.7 Å². The molecule has 11 heteroatoms. The van der Waals surface area contributed by atoms with E-state index in [1.807, 2.05) is 18.2 Å². The lowest BCUT2D eigenvalue weighted by molar-refractivity contribution is -0.137. The van der Waals surface area contributed by atoms with Gasteiger partial charge < -0.3 is 10.1 Å². The molecule has 1 saturated carbocycles. The first-order valence-electron chi connectivity index (χ1n) is 12.0. The van der Waals surface area contributed by atoms with Crippen molar-refractivity contribution in [3.63, 3.8) is 0 Å². The van der Waals surface area contributed by atoms with Gasteiger partial charge in [-0.15, -0.1) is 5.10 Å². The van der Waals surface area contributed by atoms with Crippen LogP contribution in [0.25, 0.3) is 17.5 Å². The van der Waals surface area contributed by atoms with Crippen LogP contribution in [0.4, 0.5) is 13.2 Å². The second-order valence-electron chi connectivity index (χ2n) is 8.90. The zero-order valence-corrected chi connectivity index (χ0v) is 20.1. The summed E-state index contributed by atoms with van der Waals surface area (Å²) in [7, 11) is 0. The molecule has 0 aliphatic heterocycles. The molecule has 1 aromatic carbocycles. The second kappa shape index (κ2) is 10.8. The van der Waals surface area contributed by atoms with Gasteiger partial charge in [0.1, 0.15) is 11.4 Å². The summed E-state index contributed by atoms with van der Waals surface area (Å²) in [6.45, 7) is 0. The van der Waals surface area contributed by atoms with Gasteiger partial charge in [-0.2, -0.15) is 13.2 Å². The van der Waals surface area contributed by atoms with Crippen LogP contribution in [0.5, 0.6) is 11.6 Å². The predicted octanol–water partition coefficient (Wildman–Crippen LogP) is 5.83. The number of alkyl halides is 3. The van der Waals surface area contributed by atoms with Crippen molar-refractivity contribution in [1.29, 1.82) is 0 Å². The fourth-order valence-corrected chi connectivity index (χ4v) is 4.19. The normalized spacial score (nSPS) is 15.7. The van der Waals surface area contributed by atoms with Crippen molar-refractivity contribution in [2.75, 3.05) is 0 Å². The largest absolute Gasteiger partial charge is 0.439 e. The molecule has 0 spiro atoms. The molecule has 5 rings (SSSR count). The highest BCUT2D eigenvalue weighted by Gasteiger charge is 2.30. The van der Waals surface area contributed by atoms with Crippen LogP contribution in [-0.4, -0.2) is 37.3 Å². The number of rotatable bonds is 6. The lowest BCUT2D eigenvalue weighted by Gasteiger charge is -2.25. The van der Waals surface area contributed by atoms with Crippen LogP contribution in [0.2, 0.25) is 0 Å². The summed E-state index contributed by atoms with van der Waals surface area (Å²) in [6, 6.07) is 13.0. The molecule has 0 saturated heterocycles. The molecule has 3 heterocycles. The van der Waals surface area contributed by atoms with Gasteiger partial charge in [0.25, 0.3) is 5.91 Å². The molecule has 38 heavy (non-hydrogen) atoms. The van der Waals surface area contributed by atoms with E-state index in [-0.39, 0.29) is 17.8 Å². The molecule has 1 aliphatic rings. The fourth-order valence-electron chi connectivity index (χ4n) is 4.19. The summed E-state index contributed by atoms with van der Waals surface area (Å²) in [6.07, 6.45) is 4.85. The van der Waals surface area contributed by atoms with Gasteiger partial charge in [0.15, 0.2) is 0 Å². The highest BCUT2D eigenvalue weighted by molar-refractivity contribution is 5.94. The summed E-state index contributed by atoms with van der Waals surface area (Å²) >= 11 is 0. The van der Waals surface area contributed by atoms with Crippen molar-refractivity contribution >= 4 is 12.0 Å². The Balaban J connectivity index is 1.14. The summed E-state index contributed by atoms with van der Waals surface area (Å²) < 4.78 is 43.8. The fraction of sp³-hybridized carbons (Fsp3) is 0.222. The monoisotopic (exact) mass is 520 g/mol. The number of aromatic amines is 1. The zero-order valence-electron chi connectivity index (χ0n) is 20.1. The van der Waals surface area contributed by atoms with Crippen LogP contribution in [0, 0.1) is 0 Å². The number of nitrogens with zero attached hydrogens (tertiary/aromatic N) is 4. The molecule has 3 aromatic heterocycles. The van der Waals surface area contributed by atoms with Crippen molar-refractivity contribution < 1.29 is 22.7 Å². The Morgan fingerprint density at radius 1 is 1.03 bits per heavy atom. The molecule has 0 radical (unpaired) electrons. The van der Waals surface area contributed by atoms with Crippen molar-refractivity contribution in [3.05, 3.63) is 89.4 Å². The molecular formula is C27H23F3N6O2. The number of nitrogens with one attached hydrogen (secondary N) is 2. The SMILES string of the molecule is O=C(NC1CCC(=Cc2cccc(Oc3ccc(C(F)(F)F)cn3)c2)CC1)c1ccc(-c2c[nH]nn2)nc1. The summed E-state index contributed by atoms with van der Waals surface area (Å²) in [5.41, 5.74) is 3.07. The topological polar surface area (TPSA) is 106 Å². The Bertz CT molecular complexity index is 1410. The van der Waals surface area contributed by atoms with Gasteiger partial charge in [-0.25, -0.2) is 4.98 Å². The first-order valence-corrected chi connectivity index (χ1v) is 12.0. The van der Waals surface area contributed by atoms with Crippen molar-refractivity contribution in [2.45, 2.75) is 37.9 Å². The van der Waals surface area contributed by atoms with E-state index < -0.39 is 11.7 Å². The molecule has 194 valence electrons. The number of carbonyl (C=O) groups is 1. The van der Waals surface area contributed by atoms with Crippen LogP contribution >= 0.6 is 0 Å². The lowest BCUT2D eigenvalue weighted by Crippen LogP contribution is -2.36. The number of hydrogen-bond acceptors (Lipinski definition) is 6. The minimum absolute atomic E-state index is 0.0651. The van der Waals surface area contributed by atoms with Crippen molar-refractivity contribution in [1.82, 2.24) is 30.7 Å². The van der Waals surface area contributed by atoms with E-state index in [2.05, 4.69) is 36.8 Å². The van der Waals surface area contributed by atoms with Gasteiger partial charge in [0.05, 0.1) is 23.0 Å². The van der Waals surface area contributed by atoms with Crippen LogP contribution in [0.1, 0.15) is 47.2 Å². The molecule has 1 aliphatic carbocycles. The highest BCUT2D eigenvalue weighted by Crippen LogP contribution is 2.31. The minimum Gasteiger partial charge on any atom is -0.439 e. The average Bonchev–Trinajstić information content (AvgIpc) is 3.45. The summed E-state index contributed by atoms with van der Waals surface area (Å²) in [5.74, 6) is 0.404. The van der Waals surface area contributed by atoms with Crippen LogP contribution in [0.15, 0.2) is 72.7 Å². The maximum absolute atomic E-state index is 12.7. The van der Waals surface area contributed by atoms with E-state index >= 15 is 0 Å². The second-order valence-corrected chi connectivity index (χ2v) is 8.90. The number of ether oxygens (including phenoxy) is 1. The molecule has 1 fully saturated rings. The standard InChI is InChI=1S/C27H23F3N6O2/c28-27(29,30)20-7-11-25(32-15-20)38-22-3-1-2-18(13-22)12-17-4-8-21(9-5-17)34-26(37)19-6-10-23(31-14-19)24-16-33-36-35-24/h1-3,6-7,10-16,21H,4-5,8-9H2,(H,34,37)(H,33,35,36). The minimum atomic E-state index is -4.44. The van der Waals surface area contributed by atoms with Gasteiger partial charge >= 0.3 is 6.18 Å². The molecule has 2 N–H and O–H groups in total. The summed E-state index contributed by atoms with van der Waals surface area (Å²) in [4.78, 5) is 20.7. The molecule has 0 atom stereocenters. The van der Waals surface area contributed by atoms with Gasteiger partial charge in [-0.1, -0.05) is 29.0 Å². The van der Waals surface area contributed by atoms with E-state index in [0.717, 1.165) is 43.5 Å². The third kappa shape index (κ3) is 6.23. The van der Waals surface area contributed by atoms with Crippen LogP contribution in [-0.2, 0) is 6.18 Å². The van der Waals surface area contributed by atoms with E-state index in [1.54, 1.807) is 24.4 Å². The molecule has 4 aromatic rings. The Labute approximate surface area is 216 Å². The zero-order chi connectivity index (χ0) is 26.5. The first kappa shape index (κ1) is 25.1. The number of carbonyl (C=O) groups excluding carboxylic acids is 1. The van der Waals surface area contributed by atoms with Crippen LogP contribution < -0.4 is 10.1 Å². The van der Waals surface area contributed by atoms with Crippen molar-refractivity contribution in [2.24, 2.45) is 0 Å². The number of benzene rings is 1. The van der Waals surface area contributed by atoms with E-state index in [9.17, 15) is 18.0 Å². The van der Waals surface area contributed by atoms with Gasteiger partial charge in [0.2, 0.25) is 5.88 Å². The third-order valence-electron chi connectivity index (χ3n) is 6.18. The van der Waals surface area contributed by atoms with E-state index in [1.165, 1.54) is 17.8 Å². The Morgan fingerprint density at radius 3 is 2.53 bits per heavy atom. The number of pyridine rings is 2. The lowest BCUT2D eigenvalue weighted by atomic mass is 9.89. The Morgan fingerprint density at radius 2 is 1.87 bits per heavy atom.